The van der Waals surface area contributed by atoms with E-state index in [2.05, 4.69) is 29.9 Å². The minimum absolute atomic E-state index is 0.00961. The van der Waals surface area contributed by atoms with Crippen molar-refractivity contribution >= 4 is 11.7 Å². The van der Waals surface area contributed by atoms with Gasteiger partial charge in [-0.2, -0.15) is 0 Å². The highest BCUT2D eigenvalue weighted by atomic mass is 16.5. The van der Waals surface area contributed by atoms with Gasteiger partial charge in [-0.05, 0) is 30.4 Å². The van der Waals surface area contributed by atoms with E-state index >= 15 is 0 Å². The number of anilines is 1. The first kappa shape index (κ1) is 19.1. The molecule has 27 heavy (non-hydrogen) atoms. The largest absolute Gasteiger partial charge is 0.483 e. The van der Waals surface area contributed by atoms with E-state index in [1.807, 2.05) is 42.1 Å². The molecule has 0 spiro atoms. The van der Waals surface area contributed by atoms with E-state index in [1.54, 1.807) is 6.33 Å². The number of aromatic nitrogens is 2. The van der Waals surface area contributed by atoms with Crippen LogP contribution in [0.2, 0.25) is 0 Å². The molecule has 144 valence electrons. The Morgan fingerprint density at radius 1 is 1.30 bits per heavy atom. The lowest BCUT2D eigenvalue weighted by molar-refractivity contribution is -0.134. The molecule has 1 amide bonds. The smallest absolute Gasteiger partial charge is 0.260 e. The molecule has 0 bridgehead atoms. The van der Waals surface area contributed by atoms with Crippen LogP contribution in [0.25, 0.3) is 0 Å². The third-order valence-electron chi connectivity index (χ3n) is 5.17. The van der Waals surface area contributed by atoms with Crippen LogP contribution in [0, 0.1) is 0 Å². The van der Waals surface area contributed by atoms with Gasteiger partial charge in [0.15, 0.2) is 6.61 Å². The fourth-order valence-electron chi connectivity index (χ4n) is 3.41. The van der Waals surface area contributed by atoms with Crippen molar-refractivity contribution in [1.82, 2.24) is 14.9 Å². The van der Waals surface area contributed by atoms with Crippen LogP contribution in [-0.4, -0.2) is 48.0 Å². The van der Waals surface area contributed by atoms with Crippen LogP contribution < -0.4 is 9.64 Å². The molecule has 1 aromatic carbocycles. The lowest BCUT2D eigenvalue weighted by Crippen LogP contribution is -2.39. The summed E-state index contributed by atoms with van der Waals surface area (Å²) < 4.78 is 5.89. The summed E-state index contributed by atoms with van der Waals surface area (Å²) in [6.07, 6.45) is 3.37. The molecular weight excluding hydrogens is 340 g/mol. The average Bonchev–Trinajstić information content (AvgIpc) is 2.70. The topological polar surface area (TPSA) is 58.6 Å². The van der Waals surface area contributed by atoms with E-state index in [1.165, 1.54) is 0 Å². The number of carbonyl (C=O) groups is 1. The number of hydrogen-bond donors (Lipinski definition) is 0. The second-order valence-corrected chi connectivity index (χ2v) is 7.22. The van der Waals surface area contributed by atoms with Crippen LogP contribution in [0.3, 0.4) is 0 Å². The minimum Gasteiger partial charge on any atom is -0.483 e. The molecule has 6 heteroatoms. The van der Waals surface area contributed by atoms with Crippen molar-refractivity contribution in [3.05, 3.63) is 47.4 Å². The van der Waals surface area contributed by atoms with Gasteiger partial charge in [-0.15, -0.1) is 0 Å². The summed E-state index contributed by atoms with van der Waals surface area (Å²) >= 11 is 0. The summed E-state index contributed by atoms with van der Waals surface area (Å²) in [6.45, 7) is 5.55. The molecule has 3 rings (SSSR count). The first-order valence-electron chi connectivity index (χ1n) is 9.50. The molecular formula is C21H28N4O2. The maximum Gasteiger partial charge on any atom is 0.260 e. The van der Waals surface area contributed by atoms with Crippen molar-refractivity contribution in [1.29, 1.82) is 0 Å². The second kappa shape index (κ2) is 8.37. The van der Waals surface area contributed by atoms with Gasteiger partial charge < -0.3 is 14.5 Å². The first-order valence-corrected chi connectivity index (χ1v) is 9.50. The Morgan fingerprint density at radius 2 is 2.07 bits per heavy atom. The minimum atomic E-state index is -0.00961. The molecule has 0 fully saturated rings. The van der Waals surface area contributed by atoms with Gasteiger partial charge in [0, 0.05) is 26.2 Å². The Balaban J connectivity index is 1.66. The zero-order valence-corrected chi connectivity index (χ0v) is 16.6. The summed E-state index contributed by atoms with van der Waals surface area (Å²) in [5.41, 5.74) is 3.21. The fourth-order valence-corrected chi connectivity index (χ4v) is 3.41. The van der Waals surface area contributed by atoms with Crippen LogP contribution in [0.5, 0.6) is 5.75 Å². The summed E-state index contributed by atoms with van der Waals surface area (Å²) in [6, 6.07) is 7.98. The van der Waals surface area contributed by atoms with Gasteiger partial charge >= 0.3 is 0 Å². The highest BCUT2D eigenvalue weighted by molar-refractivity contribution is 5.78. The Labute approximate surface area is 161 Å². The molecule has 1 aliphatic heterocycles. The molecule has 0 N–H and O–H groups in total. The third-order valence-corrected chi connectivity index (χ3v) is 5.17. The average molecular weight is 368 g/mol. The van der Waals surface area contributed by atoms with E-state index < -0.39 is 0 Å². The fraction of sp³-hybridized carbons (Fsp3) is 0.476. The van der Waals surface area contributed by atoms with Gasteiger partial charge in [-0.25, -0.2) is 9.97 Å². The zero-order valence-electron chi connectivity index (χ0n) is 16.6. The van der Waals surface area contributed by atoms with E-state index in [0.29, 0.717) is 19.0 Å². The highest BCUT2D eigenvalue weighted by Crippen LogP contribution is 2.29. The van der Waals surface area contributed by atoms with Crippen molar-refractivity contribution in [2.75, 3.05) is 32.1 Å². The van der Waals surface area contributed by atoms with Crippen molar-refractivity contribution < 1.29 is 9.53 Å². The number of amides is 1. The Kier molecular flexibility index (Phi) is 5.94. The number of nitrogens with zero attached hydrogens (tertiary/aromatic N) is 4. The summed E-state index contributed by atoms with van der Waals surface area (Å²) in [5, 5.41) is 0. The van der Waals surface area contributed by atoms with Gasteiger partial charge in [0.1, 0.15) is 17.9 Å². The van der Waals surface area contributed by atoms with Gasteiger partial charge in [0.25, 0.3) is 5.91 Å². The quantitative estimate of drug-likeness (QED) is 0.784. The number of ether oxygens (including phenoxy) is 1. The third kappa shape index (κ3) is 4.21. The SMILES string of the molecule is CC[C@@H](C)c1ccccc1OCC(=O)N1CCc2c(ncnc2N(C)C)C1. The lowest BCUT2D eigenvalue weighted by atomic mass is 9.98. The number of para-hydroxylation sites is 1. The maximum absolute atomic E-state index is 12.7. The van der Waals surface area contributed by atoms with Crippen LogP contribution in [0.15, 0.2) is 30.6 Å². The molecule has 0 radical (unpaired) electrons. The molecule has 2 heterocycles. The number of carbonyl (C=O) groups excluding carboxylic acids is 1. The Morgan fingerprint density at radius 3 is 2.81 bits per heavy atom. The van der Waals surface area contributed by atoms with Crippen LogP contribution in [-0.2, 0) is 17.8 Å². The molecule has 1 aliphatic rings. The van der Waals surface area contributed by atoms with E-state index in [4.69, 9.17) is 4.74 Å². The van der Waals surface area contributed by atoms with Gasteiger partial charge in [-0.1, -0.05) is 32.0 Å². The maximum atomic E-state index is 12.7. The van der Waals surface area contributed by atoms with Gasteiger partial charge in [0.05, 0.1) is 12.2 Å². The number of fused-ring (bicyclic) bond motifs is 1. The molecule has 0 saturated carbocycles. The van der Waals surface area contributed by atoms with Crippen LogP contribution >= 0.6 is 0 Å². The summed E-state index contributed by atoms with van der Waals surface area (Å²) in [4.78, 5) is 25.3. The zero-order chi connectivity index (χ0) is 19.4. The predicted octanol–water partition coefficient (Wildman–Crippen LogP) is 3.02. The molecule has 2 aromatic rings. The van der Waals surface area contributed by atoms with Crippen molar-refractivity contribution in [2.24, 2.45) is 0 Å². The highest BCUT2D eigenvalue weighted by Gasteiger charge is 2.25. The molecule has 0 unspecified atom stereocenters. The standard InChI is InChI=1S/C21H28N4O2/c1-5-15(2)16-8-6-7-9-19(16)27-13-20(26)25-11-10-17-18(12-25)22-14-23-21(17)24(3)4/h6-9,14-15H,5,10-13H2,1-4H3/t15-/m1/s1. The Hall–Kier alpha value is -2.63. The van der Waals surface area contributed by atoms with E-state index in [9.17, 15) is 4.79 Å². The normalized spacial score (nSPS) is 14.4. The van der Waals surface area contributed by atoms with Crippen molar-refractivity contribution in [2.45, 2.75) is 39.2 Å². The van der Waals surface area contributed by atoms with Crippen LogP contribution in [0.4, 0.5) is 5.82 Å². The van der Waals surface area contributed by atoms with Crippen LogP contribution in [0.1, 0.15) is 43.0 Å². The monoisotopic (exact) mass is 368 g/mol. The van der Waals surface area contributed by atoms with E-state index in [0.717, 1.165) is 41.2 Å². The summed E-state index contributed by atoms with van der Waals surface area (Å²) in [7, 11) is 3.95. The second-order valence-electron chi connectivity index (χ2n) is 7.22. The molecule has 1 atom stereocenters. The predicted molar refractivity (Wildman–Crippen MR) is 106 cm³/mol. The number of hydrogen-bond acceptors (Lipinski definition) is 5. The lowest BCUT2D eigenvalue weighted by Gasteiger charge is -2.30. The molecule has 0 saturated heterocycles. The first-order chi connectivity index (χ1) is 13.0. The van der Waals surface area contributed by atoms with Gasteiger partial charge in [0.2, 0.25) is 0 Å². The number of rotatable bonds is 6. The van der Waals surface area contributed by atoms with E-state index in [-0.39, 0.29) is 12.5 Å². The Bertz CT molecular complexity index is 807. The molecule has 0 aliphatic carbocycles. The van der Waals surface area contributed by atoms with Crippen molar-refractivity contribution in [3.63, 3.8) is 0 Å². The van der Waals surface area contributed by atoms with Gasteiger partial charge in [-0.3, -0.25) is 4.79 Å². The molecule has 6 nitrogen and oxygen atoms in total. The molecule has 1 aromatic heterocycles. The number of benzene rings is 1. The van der Waals surface area contributed by atoms with Crippen molar-refractivity contribution in [3.8, 4) is 5.75 Å². The summed E-state index contributed by atoms with van der Waals surface area (Å²) in [5.74, 6) is 2.13.